The van der Waals surface area contributed by atoms with E-state index in [2.05, 4.69) is 9.97 Å². The van der Waals surface area contributed by atoms with Gasteiger partial charge in [0.2, 0.25) is 5.91 Å². The maximum absolute atomic E-state index is 12.8. The Morgan fingerprint density at radius 1 is 1.00 bits per heavy atom. The lowest BCUT2D eigenvalue weighted by molar-refractivity contribution is -0.133. The first-order chi connectivity index (χ1) is 13.7. The van der Waals surface area contributed by atoms with Gasteiger partial charge in [-0.3, -0.25) is 14.6 Å². The van der Waals surface area contributed by atoms with Crippen molar-refractivity contribution in [3.05, 3.63) is 35.5 Å². The Hall–Kier alpha value is -2.28. The normalized spacial score (nSPS) is 18.3. The molecule has 1 saturated heterocycles. The molecule has 2 aromatic heterocycles. The molecular weight excluding hydrogens is 372 g/mol. The number of thiazole rings is 1. The fourth-order valence-electron chi connectivity index (χ4n) is 4.06. The van der Waals surface area contributed by atoms with Crippen molar-refractivity contribution in [2.45, 2.75) is 38.5 Å². The molecule has 1 aliphatic carbocycles. The quantitative estimate of drug-likeness (QED) is 0.791. The summed E-state index contributed by atoms with van der Waals surface area (Å²) in [4.78, 5) is 38.4. The van der Waals surface area contributed by atoms with E-state index in [1.165, 1.54) is 43.4 Å². The van der Waals surface area contributed by atoms with Crippen molar-refractivity contribution in [3.8, 4) is 10.7 Å². The van der Waals surface area contributed by atoms with Crippen LogP contribution in [0.2, 0.25) is 0 Å². The molecule has 4 rings (SSSR count). The van der Waals surface area contributed by atoms with Crippen molar-refractivity contribution < 1.29 is 9.59 Å². The second kappa shape index (κ2) is 8.82. The van der Waals surface area contributed by atoms with Crippen molar-refractivity contribution >= 4 is 23.2 Å². The zero-order chi connectivity index (χ0) is 19.3. The van der Waals surface area contributed by atoms with Crippen LogP contribution in [0, 0.1) is 5.92 Å². The number of amides is 2. The summed E-state index contributed by atoms with van der Waals surface area (Å²) < 4.78 is 0. The third kappa shape index (κ3) is 4.41. The molecule has 2 fully saturated rings. The lowest BCUT2D eigenvalue weighted by Gasteiger charge is -2.35. The Kier molecular flexibility index (Phi) is 6.00. The lowest BCUT2D eigenvalue weighted by Crippen LogP contribution is -2.50. The number of piperazine rings is 1. The van der Waals surface area contributed by atoms with Gasteiger partial charge in [-0.25, -0.2) is 4.98 Å². The van der Waals surface area contributed by atoms with Crippen LogP contribution in [0.4, 0.5) is 0 Å². The summed E-state index contributed by atoms with van der Waals surface area (Å²) in [6.07, 6.45) is 10.2. The zero-order valence-corrected chi connectivity index (χ0v) is 16.9. The van der Waals surface area contributed by atoms with Crippen molar-refractivity contribution in [1.29, 1.82) is 0 Å². The van der Waals surface area contributed by atoms with Crippen molar-refractivity contribution in [2.75, 3.05) is 26.2 Å². The molecule has 7 heteroatoms. The van der Waals surface area contributed by atoms with Gasteiger partial charge in [0.25, 0.3) is 5.91 Å². The monoisotopic (exact) mass is 398 g/mol. The van der Waals surface area contributed by atoms with Crippen LogP contribution in [0.15, 0.2) is 30.6 Å². The van der Waals surface area contributed by atoms with E-state index in [1.807, 2.05) is 28.0 Å². The molecule has 2 aromatic rings. The fraction of sp³-hybridized carbons (Fsp3) is 0.524. The average Bonchev–Trinajstić information content (AvgIpc) is 3.25. The smallest absolute Gasteiger partial charge is 0.265 e. The van der Waals surface area contributed by atoms with Gasteiger partial charge in [-0.15, -0.1) is 11.3 Å². The topological polar surface area (TPSA) is 66.4 Å². The summed E-state index contributed by atoms with van der Waals surface area (Å²) >= 11 is 1.37. The number of pyridine rings is 1. The third-order valence-corrected chi connectivity index (χ3v) is 6.72. The summed E-state index contributed by atoms with van der Waals surface area (Å²) in [6, 6.07) is 5.66. The highest BCUT2D eigenvalue weighted by Gasteiger charge is 2.27. The van der Waals surface area contributed by atoms with E-state index in [9.17, 15) is 9.59 Å². The standard InChI is InChI=1S/C21H26N4O2S/c26-19(14-16-6-2-1-3-7-16)24-10-12-25(13-11-24)21(27)18-15-23-20(28-18)17-8-4-5-9-22-17/h4-5,8-9,15-16H,1-3,6-7,10-14H2. The Morgan fingerprint density at radius 2 is 1.75 bits per heavy atom. The molecule has 1 aliphatic heterocycles. The predicted molar refractivity (Wildman–Crippen MR) is 109 cm³/mol. The summed E-state index contributed by atoms with van der Waals surface area (Å²) in [5.41, 5.74) is 0.782. The van der Waals surface area contributed by atoms with Crippen molar-refractivity contribution in [1.82, 2.24) is 19.8 Å². The van der Waals surface area contributed by atoms with Gasteiger partial charge < -0.3 is 9.80 Å². The Morgan fingerprint density at radius 3 is 2.46 bits per heavy atom. The van der Waals surface area contributed by atoms with Gasteiger partial charge in [0.05, 0.1) is 11.9 Å². The minimum atomic E-state index is -0.000870. The number of aromatic nitrogens is 2. The van der Waals surface area contributed by atoms with Gasteiger partial charge in [0, 0.05) is 38.8 Å². The Balaban J connectivity index is 1.30. The van der Waals surface area contributed by atoms with E-state index in [-0.39, 0.29) is 11.8 Å². The zero-order valence-electron chi connectivity index (χ0n) is 16.0. The van der Waals surface area contributed by atoms with Crippen LogP contribution in [0.5, 0.6) is 0 Å². The Bertz CT molecular complexity index is 809. The van der Waals surface area contributed by atoms with Crippen LogP contribution in [0.1, 0.15) is 48.2 Å². The number of carbonyl (C=O) groups excluding carboxylic acids is 2. The van der Waals surface area contributed by atoms with Gasteiger partial charge in [-0.05, 0) is 30.9 Å². The third-order valence-electron chi connectivity index (χ3n) is 5.71. The molecule has 2 amide bonds. The molecular formula is C21H26N4O2S. The minimum absolute atomic E-state index is 0.000870. The van der Waals surface area contributed by atoms with Crippen LogP contribution < -0.4 is 0 Å². The van der Waals surface area contributed by atoms with Crippen LogP contribution in [0.25, 0.3) is 10.7 Å². The second-order valence-electron chi connectivity index (χ2n) is 7.63. The molecule has 0 spiro atoms. The fourth-order valence-corrected chi connectivity index (χ4v) is 4.92. The number of hydrogen-bond acceptors (Lipinski definition) is 5. The molecule has 0 N–H and O–H groups in total. The van der Waals surface area contributed by atoms with Crippen molar-refractivity contribution in [3.63, 3.8) is 0 Å². The molecule has 0 radical (unpaired) electrons. The van der Waals surface area contributed by atoms with Gasteiger partial charge >= 0.3 is 0 Å². The van der Waals surface area contributed by atoms with E-state index in [4.69, 9.17) is 0 Å². The van der Waals surface area contributed by atoms with Crippen LogP contribution >= 0.6 is 11.3 Å². The molecule has 0 unspecified atom stereocenters. The lowest BCUT2D eigenvalue weighted by atomic mass is 9.86. The summed E-state index contributed by atoms with van der Waals surface area (Å²) in [5.74, 6) is 0.816. The SMILES string of the molecule is O=C(CC1CCCCC1)N1CCN(C(=O)c2cnc(-c3ccccn3)s2)CC1. The first-order valence-electron chi connectivity index (χ1n) is 10.1. The molecule has 0 atom stereocenters. The first-order valence-corrected chi connectivity index (χ1v) is 11.0. The van der Waals surface area contributed by atoms with Crippen LogP contribution in [0.3, 0.4) is 0 Å². The number of carbonyl (C=O) groups is 2. The van der Waals surface area contributed by atoms with E-state index < -0.39 is 0 Å². The van der Waals surface area contributed by atoms with Crippen LogP contribution in [-0.4, -0.2) is 57.8 Å². The summed E-state index contributed by atoms with van der Waals surface area (Å²) in [5, 5.41) is 0.755. The summed E-state index contributed by atoms with van der Waals surface area (Å²) in [6.45, 7) is 2.44. The molecule has 1 saturated carbocycles. The average molecular weight is 399 g/mol. The van der Waals surface area contributed by atoms with E-state index >= 15 is 0 Å². The Labute approximate surface area is 169 Å². The molecule has 0 aromatic carbocycles. The number of rotatable bonds is 4. The number of nitrogens with zero attached hydrogens (tertiary/aromatic N) is 4. The van der Waals surface area contributed by atoms with Gasteiger partial charge in [-0.2, -0.15) is 0 Å². The van der Waals surface area contributed by atoms with Crippen LogP contribution in [-0.2, 0) is 4.79 Å². The maximum Gasteiger partial charge on any atom is 0.265 e. The second-order valence-corrected chi connectivity index (χ2v) is 8.66. The molecule has 28 heavy (non-hydrogen) atoms. The highest BCUT2D eigenvalue weighted by Crippen LogP contribution is 2.27. The molecule has 6 nitrogen and oxygen atoms in total. The first kappa shape index (κ1) is 19.1. The van der Waals surface area contributed by atoms with E-state index in [1.54, 1.807) is 12.4 Å². The highest BCUT2D eigenvalue weighted by atomic mass is 32.1. The van der Waals surface area contributed by atoms with E-state index in [0.717, 1.165) is 10.7 Å². The van der Waals surface area contributed by atoms with Gasteiger partial charge in [-0.1, -0.05) is 25.3 Å². The van der Waals surface area contributed by atoms with Crippen molar-refractivity contribution in [2.24, 2.45) is 5.92 Å². The maximum atomic E-state index is 12.8. The summed E-state index contributed by atoms with van der Waals surface area (Å²) in [7, 11) is 0. The predicted octanol–water partition coefficient (Wildman–Crippen LogP) is 3.46. The molecule has 2 aliphatic rings. The van der Waals surface area contributed by atoms with Gasteiger partial charge in [0.1, 0.15) is 9.88 Å². The molecule has 3 heterocycles. The van der Waals surface area contributed by atoms with Gasteiger partial charge in [0.15, 0.2) is 0 Å². The molecule has 148 valence electrons. The minimum Gasteiger partial charge on any atom is -0.339 e. The molecule has 0 bridgehead atoms. The van der Waals surface area contributed by atoms with E-state index in [0.29, 0.717) is 43.4 Å². The largest absolute Gasteiger partial charge is 0.339 e. The highest BCUT2D eigenvalue weighted by molar-refractivity contribution is 7.16. The number of hydrogen-bond donors (Lipinski definition) is 0.